The van der Waals surface area contributed by atoms with Crippen molar-refractivity contribution in [2.24, 2.45) is 5.16 Å². The standard InChI is InChI=1S/C19H22N2O4/c1-21(13-15-7-5-4-6-8-15)19(22)14-25-20-12-16-11-17(23-2)9-10-18(16)24-3/h4-12H,13-14H2,1-3H3. The number of ether oxygens (including phenoxy) is 2. The van der Waals surface area contributed by atoms with Gasteiger partial charge in [-0.05, 0) is 23.8 Å². The molecule has 0 bridgehead atoms. The summed E-state index contributed by atoms with van der Waals surface area (Å²) in [6.07, 6.45) is 1.49. The average molecular weight is 342 g/mol. The quantitative estimate of drug-likeness (QED) is 0.547. The van der Waals surface area contributed by atoms with Crippen LogP contribution in [-0.4, -0.2) is 44.9 Å². The summed E-state index contributed by atoms with van der Waals surface area (Å²) in [7, 11) is 4.88. The molecule has 0 saturated carbocycles. The number of carbonyl (C=O) groups excluding carboxylic acids is 1. The molecule has 0 unspecified atom stereocenters. The summed E-state index contributed by atoms with van der Waals surface area (Å²) in [5, 5.41) is 3.85. The Morgan fingerprint density at radius 3 is 2.56 bits per heavy atom. The maximum Gasteiger partial charge on any atom is 0.263 e. The second kappa shape index (κ2) is 9.32. The Balaban J connectivity index is 1.87. The largest absolute Gasteiger partial charge is 0.497 e. The second-order valence-electron chi connectivity index (χ2n) is 5.35. The summed E-state index contributed by atoms with van der Waals surface area (Å²) < 4.78 is 10.4. The van der Waals surface area contributed by atoms with Gasteiger partial charge in [-0.2, -0.15) is 0 Å². The van der Waals surface area contributed by atoms with E-state index < -0.39 is 0 Å². The molecule has 1 amide bonds. The van der Waals surface area contributed by atoms with E-state index in [0.29, 0.717) is 23.6 Å². The molecule has 0 atom stereocenters. The van der Waals surface area contributed by atoms with Gasteiger partial charge in [-0.25, -0.2) is 0 Å². The lowest BCUT2D eigenvalue weighted by Crippen LogP contribution is -2.29. The molecule has 2 rings (SSSR count). The molecule has 0 aliphatic rings. The van der Waals surface area contributed by atoms with E-state index in [2.05, 4.69) is 5.16 Å². The number of oxime groups is 1. The van der Waals surface area contributed by atoms with E-state index in [1.165, 1.54) is 6.21 Å². The second-order valence-corrected chi connectivity index (χ2v) is 5.35. The third kappa shape index (κ3) is 5.53. The molecule has 0 saturated heterocycles. The summed E-state index contributed by atoms with van der Waals surface area (Å²) in [6.45, 7) is 0.391. The van der Waals surface area contributed by atoms with Gasteiger partial charge in [0.1, 0.15) is 11.5 Å². The lowest BCUT2D eigenvalue weighted by molar-refractivity contribution is -0.135. The third-order valence-corrected chi connectivity index (χ3v) is 3.58. The fourth-order valence-electron chi connectivity index (χ4n) is 2.18. The molecule has 132 valence electrons. The molecule has 25 heavy (non-hydrogen) atoms. The van der Waals surface area contributed by atoms with Gasteiger partial charge in [-0.15, -0.1) is 0 Å². The first-order valence-electron chi connectivity index (χ1n) is 7.79. The van der Waals surface area contributed by atoms with E-state index in [1.807, 2.05) is 30.3 Å². The van der Waals surface area contributed by atoms with Gasteiger partial charge in [0.2, 0.25) is 0 Å². The first-order chi connectivity index (χ1) is 12.1. The lowest BCUT2D eigenvalue weighted by atomic mass is 10.2. The number of nitrogens with zero attached hydrogens (tertiary/aromatic N) is 2. The van der Waals surface area contributed by atoms with Crippen LogP contribution < -0.4 is 9.47 Å². The first kappa shape index (κ1) is 18.3. The van der Waals surface area contributed by atoms with E-state index in [0.717, 1.165) is 5.56 Å². The maximum absolute atomic E-state index is 12.1. The zero-order chi connectivity index (χ0) is 18.1. The SMILES string of the molecule is COc1ccc(OC)c(C=NOCC(=O)N(C)Cc2ccccc2)c1. The van der Waals surface area contributed by atoms with Crippen molar-refractivity contribution in [1.82, 2.24) is 4.90 Å². The highest BCUT2D eigenvalue weighted by atomic mass is 16.6. The number of methoxy groups -OCH3 is 2. The Labute approximate surface area is 147 Å². The van der Waals surface area contributed by atoms with E-state index in [1.54, 1.807) is 44.4 Å². The first-order valence-corrected chi connectivity index (χ1v) is 7.79. The minimum absolute atomic E-state index is 0.133. The summed E-state index contributed by atoms with van der Waals surface area (Å²) >= 11 is 0. The summed E-state index contributed by atoms with van der Waals surface area (Å²) in [5.74, 6) is 1.17. The average Bonchev–Trinajstić information content (AvgIpc) is 2.65. The van der Waals surface area contributed by atoms with Crippen molar-refractivity contribution in [3.05, 3.63) is 59.7 Å². The van der Waals surface area contributed by atoms with Gasteiger partial charge in [-0.1, -0.05) is 35.5 Å². The molecule has 2 aromatic rings. The number of benzene rings is 2. The zero-order valence-electron chi connectivity index (χ0n) is 14.6. The monoisotopic (exact) mass is 342 g/mol. The van der Waals surface area contributed by atoms with Crippen molar-refractivity contribution in [1.29, 1.82) is 0 Å². The van der Waals surface area contributed by atoms with Crippen LogP contribution >= 0.6 is 0 Å². The molecule has 2 aromatic carbocycles. The maximum atomic E-state index is 12.1. The highest BCUT2D eigenvalue weighted by Gasteiger charge is 2.09. The molecule has 0 spiro atoms. The van der Waals surface area contributed by atoms with E-state index >= 15 is 0 Å². The highest BCUT2D eigenvalue weighted by molar-refractivity contribution is 5.84. The molecular formula is C19H22N2O4. The van der Waals surface area contributed by atoms with Crippen LogP contribution in [0.4, 0.5) is 0 Å². The molecule has 0 aliphatic carbocycles. The van der Waals surface area contributed by atoms with E-state index in [9.17, 15) is 4.79 Å². The molecule has 0 heterocycles. The molecule has 0 aromatic heterocycles. The number of likely N-dealkylation sites (N-methyl/N-ethyl adjacent to an activating group) is 1. The Kier molecular flexibility index (Phi) is 6.83. The number of hydrogen-bond donors (Lipinski definition) is 0. The van der Waals surface area contributed by atoms with Crippen LogP contribution in [0.1, 0.15) is 11.1 Å². The predicted molar refractivity (Wildman–Crippen MR) is 96.0 cm³/mol. The summed E-state index contributed by atoms with van der Waals surface area (Å²) in [4.78, 5) is 18.8. The zero-order valence-corrected chi connectivity index (χ0v) is 14.6. The van der Waals surface area contributed by atoms with Crippen LogP contribution in [0.5, 0.6) is 11.5 Å². The van der Waals surface area contributed by atoms with Crippen molar-refractivity contribution >= 4 is 12.1 Å². The minimum Gasteiger partial charge on any atom is -0.497 e. The Morgan fingerprint density at radius 2 is 1.88 bits per heavy atom. The van der Waals surface area contributed by atoms with Crippen LogP contribution in [0.15, 0.2) is 53.7 Å². The minimum atomic E-state index is -0.154. The fraction of sp³-hybridized carbons (Fsp3) is 0.263. The smallest absolute Gasteiger partial charge is 0.263 e. The molecule has 6 nitrogen and oxygen atoms in total. The van der Waals surface area contributed by atoms with Crippen molar-refractivity contribution in [3.8, 4) is 11.5 Å². The van der Waals surface area contributed by atoms with Crippen molar-refractivity contribution < 1.29 is 19.1 Å². The molecule has 0 fully saturated rings. The van der Waals surface area contributed by atoms with Crippen LogP contribution in [0.25, 0.3) is 0 Å². The van der Waals surface area contributed by atoms with Gasteiger partial charge in [0.15, 0.2) is 6.61 Å². The molecule has 6 heteroatoms. The van der Waals surface area contributed by atoms with Crippen molar-refractivity contribution in [2.45, 2.75) is 6.54 Å². The van der Waals surface area contributed by atoms with Crippen molar-refractivity contribution in [2.75, 3.05) is 27.9 Å². The van der Waals surface area contributed by atoms with Gasteiger partial charge < -0.3 is 19.2 Å². The van der Waals surface area contributed by atoms with Crippen LogP contribution in [0.3, 0.4) is 0 Å². The van der Waals surface area contributed by atoms with Gasteiger partial charge in [0.25, 0.3) is 5.91 Å². The van der Waals surface area contributed by atoms with E-state index in [4.69, 9.17) is 14.3 Å². The number of carbonyl (C=O) groups is 1. The van der Waals surface area contributed by atoms with E-state index in [-0.39, 0.29) is 12.5 Å². The Hall–Kier alpha value is -3.02. The highest BCUT2D eigenvalue weighted by Crippen LogP contribution is 2.22. The number of amides is 1. The molecular weight excluding hydrogens is 320 g/mol. The normalized spacial score (nSPS) is 10.5. The van der Waals surface area contributed by atoms with Gasteiger partial charge in [-0.3, -0.25) is 4.79 Å². The molecule has 0 aliphatic heterocycles. The summed E-state index contributed by atoms with van der Waals surface area (Å²) in [6, 6.07) is 15.1. The topological polar surface area (TPSA) is 60.4 Å². The van der Waals surface area contributed by atoms with Gasteiger partial charge in [0, 0.05) is 19.2 Å². The number of hydrogen-bond acceptors (Lipinski definition) is 5. The van der Waals surface area contributed by atoms with Crippen LogP contribution in [0, 0.1) is 0 Å². The summed E-state index contributed by atoms with van der Waals surface area (Å²) in [5.41, 5.74) is 1.76. The third-order valence-electron chi connectivity index (χ3n) is 3.58. The Bertz CT molecular complexity index is 717. The molecule has 0 radical (unpaired) electrons. The molecule has 0 N–H and O–H groups in total. The van der Waals surface area contributed by atoms with Gasteiger partial charge >= 0.3 is 0 Å². The predicted octanol–water partition coefficient (Wildman–Crippen LogP) is 2.71. The Morgan fingerprint density at radius 1 is 1.12 bits per heavy atom. The van der Waals surface area contributed by atoms with Crippen LogP contribution in [0.2, 0.25) is 0 Å². The number of rotatable bonds is 8. The lowest BCUT2D eigenvalue weighted by Gasteiger charge is -2.16. The van der Waals surface area contributed by atoms with Crippen molar-refractivity contribution in [3.63, 3.8) is 0 Å². The van der Waals surface area contributed by atoms with Gasteiger partial charge in [0.05, 0.1) is 20.4 Å². The van der Waals surface area contributed by atoms with Crippen LogP contribution in [-0.2, 0) is 16.2 Å². The fourth-order valence-corrected chi connectivity index (χ4v) is 2.18.